The molecule has 1 aliphatic carbocycles. The quantitative estimate of drug-likeness (QED) is 0.771. The van der Waals surface area contributed by atoms with E-state index in [-0.39, 0.29) is 12.6 Å². The van der Waals surface area contributed by atoms with Crippen LogP contribution in [-0.4, -0.2) is 24.8 Å². The van der Waals surface area contributed by atoms with E-state index in [4.69, 9.17) is 15.2 Å². The third-order valence-electron chi connectivity index (χ3n) is 4.24. The first-order chi connectivity index (χ1) is 9.86. The second kappa shape index (κ2) is 4.58. The topological polar surface area (TPSA) is 81.8 Å². The summed E-state index contributed by atoms with van der Waals surface area (Å²) >= 11 is 0. The monoisotopic (exact) mass is 289 g/mol. The first-order valence-electron chi connectivity index (χ1n) is 6.93. The lowest BCUT2D eigenvalue weighted by Gasteiger charge is -2.38. The van der Waals surface area contributed by atoms with Crippen molar-refractivity contribution in [2.75, 3.05) is 13.7 Å². The highest BCUT2D eigenvalue weighted by Gasteiger charge is 2.40. The summed E-state index contributed by atoms with van der Waals surface area (Å²) < 4.78 is 10.6. The molecule has 5 nitrogen and oxygen atoms in total. The van der Waals surface area contributed by atoms with E-state index in [2.05, 4.69) is 0 Å². The van der Waals surface area contributed by atoms with Gasteiger partial charge in [0.15, 0.2) is 0 Å². The molecule has 0 bridgehead atoms. The summed E-state index contributed by atoms with van der Waals surface area (Å²) in [5.74, 6) is 0.311. The Morgan fingerprint density at radius 2 is 2.24 bits per heavy atom. The maximum atomic E-state index is 12.0. The van der Waals surface area contributed by atoms with Crippen LogP contribution in [0.4, 0.5) is 0 Å². The van der Waals surface area contributed by atoms with Gasteiger partial charge in [-0.3, -0.25) is 0 Å². The normalized spacial score (nSPS) is 27.0. The van der Waals surface area contributed by atoms with Crippen molar-refractivity contribution < 1.29 is 19.4 Å². The van der Waals surface area contributed by atoms with E-state index in [1.54, 1.807) is 19.1 Å². The van der Waals surface area contributed by atoms with E-state index in [1.165, 1.54) is 7.11 Å². The Hall–Kier alpha value is -1.85. The molecule has 0 fully saturated rings. The van der Waals surface area contributed by atoms with Gasteiger partial charge in [-0.2, -0.15) is 0 Å². The molecule has 3 N–H and O–H groups in total. The van der Waals surface area contributed by atoms with Gasteiger partial charge in [-0.25, -0.2) is 4.79 Å². The lowest BCUT2D eigenvalue weighted by molar-refractivity contribution is -0.0120. The highest BCUT2D eigenvalue weighted by Crippen LogP contribution is 2.46. The molecule has 21 heavy (non-hydrogen) atoms. The minimum Gasteiger partial charge on any atom is -0.490 e. The van der Waals surface area contributed by atoms with Crippen LogP contribution in [0.25, 0.3) is 5.76 Å². The number of methoxy groups -OCH3 is 1. The van der Waals surface area contributed by atoms with Crippen LogP contribution >= 0.6 is 0 Å². The fourth-order valence-electron chi connectivity index (χ4n) is 3.21. The molecule has 3 rings (SSSR count). The molecule has 0 saturated heterocycles. The number of rotatable bonds is 1. The van der Waals surface area contributed by atoms with Crippen molar-refractivity contribution in [3.05, 3.63) is 40.0 Å². The third kappa shape index (κ3) is 1.96. The highest BCUT2D eigenvalue weighted by atomic mass is 16.5. The van der Waals surface area contributed by atoms with Gasteiger partial charge in [0.2, 0.25) is 0 Å². The van der Waals surface area contributed by atoms with Crippen molar-refractivity contribution in [2.24, 2.45) is 5.73 Å². The number of ether oxygens (including phenoxy) is 2. The Morgan fingerprint density at radius 3 is 2.90 bits per heavy atom. The Kier molecular flexibility index (Phi) is 3.07. The maximum absolute atomic E-state index is 12.0. The fourth-order valence-corrected chi connectivity index (χ4v) is 3.21. The van der Waals surface area contributed by atoms with Crippen LogP contribution in [0.3, 0.4) is 0 Å². The van der Waals surface area contributed by atoms with Gasteiger partial charge in [-0.05, 0) is 43.0 Å². The van der Waals surface area contributed by atoms with Crippen molar-refractivity contribution in [3.8, 4) is 0 Å². The standard InChI is InChI=1S/C16H19NO4/c1-8-6-11(17)12-9(15(18)20-3)4-5-10-13(12)14(8)21-7-16(10,2)19/h4-5,11,19H,6-7,17H2,1-3H3. The zero-order chi connectivity index (χ0) is 15.4. The average molecular weight is 289 g/mol. The van der Waals surface area contributed by atoms with Crippen molar-refractivity contribution in [1.29, 1.82) is 0 Å². The Labute approximate surface area is 123 Å². The molecule has 5 heteroatoms. The Bertz CT molecular complexity index is 660. The van der Waals surface area contributed by atoms with Crippen molar-refractivity contribution >= 4 is 11.7 Å². The van der Waals surface area contributed by atoms with E-state index in [1.807, 2.05) is 6.92 Å². The van der Waals surface area contributed by atoms with E-state index < -0.39 is 11.6 Å². The summed E-state index contributed by atoms with van der Waals surface area (Å²) in [4.78, 5) is 12.0. The van der Waals surface area contributed by atoms with Gasteiger partial charge < -0.3 is 20.3 Å². The summed E-state index contributed by atoms with van der Waals surface area (Å²) in [5, 5.41) is 10.5. The van der Waals surface area contributed by atoms with E-state index >= 15 is 0 Å². The number of esters is 1. The lowest BCUT2D eigenvalue weighted by Crippen LogP contribution is -2.36. The smallest absolute Gasteiger partial charge is 0.338 e. The first kappa shape index (κ1) is 14.1. The lowest BCUT2D eigenvalue weighted by atomic mass is 9.77. The molecule has 1 heterocycles. The number of benzene rings is 1. The summed E-state index contributed by atoms with van der Waals surface area (Å²) in [6, 6.07) is 3.13. The van der Waals surface area contributed by atoms with Crippen LogP contribution in [0, 0.1) is 0 Å². The summed E-state index contributed by atoms with van der Waals surface area (Å²) in [6.45, 7) is 3.86. The second-order valence-corrected chi connectivity index (χ2v) is 5.92. The molecule has 0 saturated carbocycles. The molecule has 1 aliphatic heterocycles. The number of nitrogens with two attached hydrogens (primary N) is 1. The summed E-state index contributed by atoms with van der Waals surface area (Å²) in [6.07, 6.45) is 0.623. The van der Waals surface area contributed by atoms with E-state index in [0.29, 0.717) is 17.5 Å². The molecule has 2 atom stereocenters. The summed E-state index contributed by atoms with van der Waals surface area (Å²) in [5.41, 5.74) is 8.84. The van der Waals surface area contributed by atoms with Crippen molar-refractivity contribution in [1.82, 2.24) is 0 Å². The van der Waals surface area contributed by atoms with Crippen LogP contribution in [-0.2, 0) is 15.1 Å². The largest absolute Gasteiger partial charge is 0.490 e. The van der Waals surface area contributed by atoms with Gasteiger partial charge in [0, 0.05) is 11.6 Å². The van der Waals surface area contributed by atoms with Gasteiger partial charge >= 0.3 is 5.97 Å². The van der Waals surface area contributed by atoms with Gasteiger partial charge in [0.1, 0.15) is 18.0 Å². The Balaban J connectivity index is 2.35. The molecule has 0 spiro atoms. The molecule has 1 aromatic carbocycles. The molecular weight excluding hydrogens is 270 g/mol. The highest BCUT2D eigenvalue weighted by molar-refractivity contribution is 5.94. The van der Waals surface area contributed by atoms with Crippen LogP contribution < -0.4 is 5.73 Å². The Morgan fingerprint density at radius 1 is 1.52 bits per heavy atom. The SMILES string of the molecule is COC(=O)c1ccc2c3c1C(N)CC(C)=C3OCC2(C)O. The summed E-state index contributed by atoms with van der Waals surface area (Å²) in [7, 11) is 1.34. The number of hydrogen-bond acceptors (Lipinski definition) is 5. The van der Waals surface area contributed by atoms with Gasteiger partial charge in [-0.15, -0.1) is 0 Å². The van der Waals surface area contributed by atoms with Crippen LogP contribution in [0.15, 0.2) is 17.7 Å². The number of carbonyl (C=O) groups excluding carboxylic acids is 1. The predicted octanol–water partition coefficient (Wildman–Crippen LogP) is 1.85. The molecule has 0 amide bonds. The van der Waals surface area contributed by atoms with E-state index in [0.717, 1.165) is 22.5 Å². The van der Waals surface area contributed by atoms with Gasteiger partial charge in [0.05, 0.1) is 12.7 Å². The number of aliphatic hydroxyl groups is 1. The van der Waals surface area contributed by atoms with E-state index in [9.17, 15) is 9.90 Å². The van der Waals surface area contributed by atoms with Crippen molar-refractivity contribution in [3.63, 3.8) is 0 Å². The molecule has 2 aliphatic rings. The third-order valence-corrected chi connectivity index (χ3v) is 4.24. The van der Waals surface area contributed by atoms with Crippen LogP contribution in [0.5, 0.6) is 0 Å². The van der Waals surface area contributed by atoms with Gasteiger partial charge in [-0.1, -0.05) is 6.07 Å². The minimum absolute atomic E-state index is 0.193. The second-order valence-electron chi connectivity index (χ2n) is 5.92. The first-order valence-corrected chi connectivity index (χ1v) is 6.93. The minimum atomic E-state index is -1.10. The van der Waals surface area contributed by atoms with Crippen LogP contribution in [0.1, 0.15) is 53.4 Å². The fraction of sp³-hybridized carbons (Fsp3) is 0.438. The number of carbonyl (C=O) groups is 1. The predicted molar refractivity (Wildman–Crippen MR) is 77.4 cm³/mol. The molecule has 0 aromatic heterocycles. The van der Waals surface area contributed by atoms with Crippen molar-refractivity contribution in [2.45, 2.75) is 31.9 Å². The molecular formula is C16H19NO4. The molecule has 0 radical (unpaired) electrons. The zero-order valence-corrected chi connectivity index (χ0v) is 12.4. The van der Waals surface area contributed by atoms with Crippen LogP contribution in [0.2, 0.25) is 0 Å². The molecule has 112 valence electrons. The number of hydrogen-bond donors (Lipinski definition) is 2. The maximum Gasteiger partial charge on any atom is 0.338 e. The average Bonchev–Trinajstić information content (AvgIpc) is 2.44. The zero-order valence-electron chi connectivity index (χ0n) is 12.4. The molecule has 2 unspecified atom stereocenters. The van der Waals surface area contributed by atoms with Gasteiger partial charge in [0.25, 0.3) is 0 Å². The molecule has 1 aromatic rings.